The zero-order chi connectivity index (χ0) is 40.7. The predicted octanol–water partition coefficient (Wildman–Crippen LogP) is 6.51. The molecule has 3 rings (SSSR count). The van der Waals surface area contributed by atoms with E-state index in [2.05, 4.69) is 30.1 Å². The number of nitrogens with two attached hydrogens (primary N) is 1. The number of amides is 1. The van der Waals surface area contributed by atoms with Gasteiger partial charge in [0.25, 0.3) is 0 Å². The zero-order valence-corrected chi connectivity index (χ0v) is 34.9. The highest BCUT2D eigenvalue weighted by Gasteiger charge is 2.43. The Hall–Kier alpha value is -3.19. The molecule has 0 bridgehead atoms. The summed E-state index contributed by atoms with van der Waals surface area (Å²) in [6.07, 6.45) is 25.3. The van der Waals surface area contributed by atoms with Gasteiger partial charge in [0, 0.05) is 17.7 Å². The van der Waals surface area contributed by atoms with E-state index in [4.69, 9.17) is 24.7 Å². The summed E-state index contributed by atoms with van der Waals surface area (Å²) < 4.78 is 24.6. The van der Waals surface area contributed by atoms with Gasteiger partial charge in [-0.2, -0.15) is 0 Å². The summed E-state index contributed by atoms with van der Waals surface area (Å²) in [6, 6.07) is -0.666. The van der Waals surface area contributed by atoms with Gasteiger partial charge in [-0.25, -0.2) is 0 Å². The van der Waals surface area contributed by atoms with E-state index in [1.165, 1.54) is 0 Å². The summed E-state index contributed by atoms with van der Waals surface area (Å²) in [6.45, 7) is 16.0. The second kappa shape index (κ2) is 22.5. The number of aliphatic hydroxyl groups is 2. The van der Waals surface area contributed by atoms with E-state index < -0.39 is 42.5 Å². The summed E-state index contributed by atoms with van der Waals surface area (Å²) in [5.74, 6) is 0.261. The summed E-state index contributed by atoms with van der Waals surface area (Å²) in [4.78, 5) is 15.4. The topological polar surface area (TPSA) is 136 Å². The lowest BCUT2D eigenvalue weighted by Crippen LogP contribution is -2.61. The Labute approximate surface area is 330 Å². The molecule has 3 heterocycles. The average molecular weight is 764 g/mol. The van der Waals surface area contributed by atoms with E-state index in [0.717, 1.165) is 35.1 Å². The molecule has 10 heteroatoms. The van der Waals surface area contributed by atoms with Crippen LogP contribution in [0, 0.1) is 5.92 Å². The summed E-state index contributed by atoms with van der Waals surface area (Å²) in [5, 5.41) is 26.1. The number of aliphatic hydroxyl groups excluding tert-OH is 1. The zero-order valence-electron chi connectivity index (χ0n) is 34.9. The molecule has 10 atom stereocenters. The molecular weight excluding hydrogens is 695 g/mol. The number of carbonyl (C=O) groups excluding carboxylic acids is 1. The number of hydrogen-bond acceptors (Lipinski definition) is 9. The van der Waals surface area contributed by atoms with Gasteiger partial charge in [0.1, 0.15) is 23.9 Å². The van der Waals surface area contributed by atoms with Crippen molar-refractivity contribution < 1.29 is 34.0 Å². The lowest BCUT2D eigenvalue weighted by atomic mass is 9.96. The molecule has 2 fully saturated rings. The molecular formula is C45H69N3O7. The smallest absolute Gasteiger partial charge is 0.247 e. The summed E-state index contributed by atoms with van der Waals surface area (Å²) >= 11 is 0. The molecule has 306 valence electrons. The fraction of sp³-hybridized carbons (Fsp3) is 0.578. The van der Waals surface area contributed by atoms with Crippen LogP contribution in [0.15, 0.2) is 107 Å². The predicted molar refractivity (Wildman–Crippen MR) is 222 cm³/mol. The van der Waals surface area contributed by atoms with E-state index in [9.17, 15) is 15.0 Å². The van der Waals surface area contributed by atoms with Crippen LogP contribution in [0.1, 0.15) is 81.1 Å². The van der Waals surface area contributed by atoms with Gasteiger partial charge in [0.15, 0.2) is 12.6 Å². The Morgan fingerprint density at radius 2 is 1.69 bits per heavy atom. The molecule has 1 amide bonds. The van der Waals surface area contributed by atoms with Crippen molar-refractivity contribution in [2.24, 2.45) is 11.7 Å². The summed E-state index contributed by atoms with van der Waals surface area (Å²) in [7, 11) is 4.08. The highest BCUT2D eigenvalue weighted by atomic mass is 16.7. The van der Waals surface area contributed by atoms with E-state index in [1.807, 2.05) is 109 Å². The number of allylic oxidation sites excluding steroid dienone is 14. The van der Waals surface area contributed by atoms with Crippen LogP contribution in [0.3, 0.4) is 0 Å². The average Bonchev–Trinajstić information content (AvgIpc) is 3.10. The minimum atomic E-state index is -1.49. The lowest BCUT2D eigenvalue weighted by molar-refractivity contribution is -0.294. The molecule has 0 spiro atoms. The Balaban J connectivity index is 1.84. The number of hydrogen-bond donors (Lipinski definition) is 4. The lowest BCUT2D eigenvalue weighted by Gasteiger charge is -2.43. The SMILES string of the molecule is CC1=C\C=C\C(C)=C\C[C@@H](C)NC(=O)/C(CC(C)C)=C/C(C)=C/C=C/C=C/[C@](C)(O)[C@H](O[C@H]2OC[C@H](O[C@@H]3CC[C@@H](N(C)C)[C@H](C)O3)[C@@H](O)[C@@H]2N)/C=C\C=C\1. The maximum Gasteiger partial charge on any atom is 0.247 e. The highest BCUT2D eigenvalue weighted by Crippen LogP contribution is 2.28. The first kappa shape index (κ1) is 46.2. The van der Waals surface area contributed by atoms with Crippen LogP contribution in [0.2, 0.25) is 0 Å². The van der Waals surface area contributed by atoms with Crippen molar-refractivity contribution in [3.8, 4) is 0 Å². The maximum atomic E-state index is 13.3. The van der Waals surface area contributed by atoms with Gasteiger partial charge >= 0.3 is 0 Å². The number of carbonyl (C=O) groups is 1. The third kappa shape index (κ3) is 15.7. The maximum absolute atomic E-state index is 13.3. The van der Waals surface area contributed by atoms with Crippen LogP contribution < -0.4 is 11.1 Å². The minimum Gasteiger partial charge on any atom is -0.388 e. The van der Waals surface area contributed by atoms with Crippen LogP contribution >= 0.6 is 0 Å². The molecule has 10 nitrogen and oxygen atoms in total. The molecule has 0 aromatic carbocycles. The molecule has 0 radical (unpaired) electrons. The minimum absolute atomic E-state index is 0.0163. The fourth-order valence-corrected chi connectivity index (χ4v) is 6.68. The molecule has 2 saturated heterocycles. The molecule has 55 heavy (non-hydrogen) atoms. The fourth-order valence-electron chi connectivity index (χ4n) is 6.68. The van der Waals surface area contributed by atoms with Crippen molar-refractivity contribution in [2.45, 2.75) is 142 Å². The first-order chi connectivity index (χ1) is 26.0. The highest BCUT2D eigenvalue weighted by molar-refractivity contribution is 5.94. The molecule has 3 aliphatic heterocycles. The largest absolute Gasteiger partial charge is 0.388 e. The quantitative estimate of drug-likeness (QED) is 0.229. The molecule has 5 N–H and O–H groups in total. The standard InChI is InChI=1S/C45H69N3O7/c1-30(2)27-36-28-33(5)18-12-11-15-26-45(8,51)39(21-14-13-17-31(3)19-16-20-32(4)22-23-34(6)47-43(36)50)55-44-41(46)42(49)38(29-52-44)54-40-25-24-37(48(9)10)35(7)53-40/h11-22,26,28,30,34-35,37-42,44,49,51H,23-25,27,29,46H2,1-10H3,(H,47,50)/b12-11+,17-13+,20-16+,21-14-,26-15+,31-19+,32-22+,33-18+,36-28+/t34-,35+,37-,38+,39-,40-,41+,42-,44-,45+/m1/s1. The number of rotatable bonds is 7. The van der Waals surface area contributed by atoms with Gasteiger partial charge in [0.2, 0.25) is 5.91 Å². The van der Waals surface area contributed by atoms with Crippen LogP contribution in [0.4, 0.5) is 0 Å². The number of likely N-dealkylation sites (N-methyl/N-ethyl adjacent to an activating group) is 1. The van der Waals surface area contributed by atoms with Crippen molar-refractivity contribution in [2.75, 3.05) is 20.7 Å². The molecule has 0 aliphatic carbocycles. The normalized spacial score (nSPS) is 40.5. The van der Waals surface area contributed by atoms with Gasteiger partial charge in [-0.15, -0.1) is 0 Å². The van der Waals surface area contributed by atoms with Gasteiger partial charge in [-0.05, 0) is 87.2 Å². The summed E-state index contributed by atoms with van der Waals surface area (Å²) in [5.41, 5.74) is 8.80. The Morgan fingerprint density at radius 3 is 2.38 bits per heavy atom. The first-order valence-corrected chi connectivity index (χ1v) is 19.8. The second-order valence-corrected chi connectivity index (χ2v) is 16.1. The van der Waals surface area contributed by atoms with Crippen LogP contribution in [-0.4, -0.2) is 102 Å². The number of ether oxygens (including phenoxy) is 4. The molecule has 3 aliphatic rings. The van der Waals surface area contributed by atoms with Crippen LogP contribution in [-0.2, 0) is 23.7 Å². The van der Waals surface area contributed by atoms with E-state index in [1.54, 1.807) is 25.2 Å². The van der Waals surface area contributed by atoms with E-state index in [-0.39, 0.29) is 24.7 Å². The van der Waals surface area contributed by atoms with Gasteiger partial charge in [0.05, 0.1) is 18.8 Å². The molecule has 0 unspecified atom stereocenters. The number of nitrogens with zero attached hydrogens (tertiary/aromatic N) is 1. The van der Waals surface area contributed by atoms with Crippen LogP contribution in [0.25, 0.3) is 0 Å². The van der Waals surface area contributed by atoms with Gasteiger partial charge < -0.3 is 45.1 Å². The van der Waals surface area contributed by atoms with Crippen molar-refractivity contribution >= 4 is 5.91 Å². The van der Waals surface area contributed by atoms with E-state index in [0.29, 0.717) is 24.8 Å². The van der Waals surface area contributed by atoms with Crippen molar-refractivity contribution in [3.05, 3.63) is 107 Å². The third-order valence-corrected chi connectivity index (χ3v) is 9.95. The second-order valence-electron chi connectivity index (χ2n) is 16.1. The third-order valence-electron chi connectivity index (χ3n) is 9.95. The molecule has 0 aromatic rings. The Bertz CT molecular complexity index is 1520. The molecule has 0 saturated carbocycles. The Kier molecular flexibility index (Phi) is 18.9. The van der Waals surface area contributed by atoms with Gasteiger partial charge in [-0.1, -0.05) is 116 Å². The van der Waals surface area contributed by atoms with Crippen molar-refractivity contribution in [3.63, 3.8) is 0 Å². The van der Waals surface area contributed by atoms with E-state index >= 15 is 0 Å². The number of nitrogens with one attached hydrogen (secondary N) is 1. The van der Waals surface area contributed by atoms with Crippen molar-refractivity contribution in [1.29, 1.82) is 0 Å². The monoisotopic (exact) mass is 764 g/mol. The Morgan fingerprint density at radius 1 is 0.982 bits per heavy atom. The molecule has 0 aromatic heterocycles. The first-order valence-electron chi connectivity index (χ1n) is 19.8. The van der Waals surface area contributed by atoms with Crippen molar-refractivity contribution in [1.82, 2.24) is 10.2 Å². The van der Waals surface area contributed by atoms with Gasteiger partial charge in [-0.3, -0.25) is 4.79 Å². The van der Waals surface area contributed by atoms with Crippen LogP contribution in [0.5, 0.6) is 0 Å².